The summed E-state index contributed by atoms with van der Waals surface area (Å²) in [6, 6.07) is 0. The van der Waals surface area contributed by atoms with Crippen molar-refractivity contribution in [3.63, 3.8) is 0 Å². The Kier molecular flexibility index (Phi) is 18.2. The fourth-order valence-electron chi connectivity index (χ4n) is 5.29. The molecular weight excluding hydrogens is 522 g/mol. The van der Waals surface area contributed by atoms with Crippen molar-refractivity contribution < 1.29 is 23.5 Å². The largest absolute Gasteiger partial charge is 0.512 e. The Morgan fingerprint density at radius 2 is 1.40 bits per heavy atom. The predicted octanol–water partition coefficient (Wildman–Crippen LogP) is 9.32. The zero-order valence-electron chi connectivity index (χ0n) is 26.1. The van der Waals surface area contributed by atoms with Gasteiger partial charge in [0.15, 0.2) is 0 Å². The van der Waals surface area contributed by atoms with Crippen LogP contribution in [-0.2, 0) is 9.47 Å². The minimum atomic E-state index is -0.562. The first-order valence-electron chi connectivity index (χ1n) is 16.3. The molecule has 0 N–H and O–H groups in total. The number of unbranched alkanes of at least 4 members (excludes halogenated alkanes) is 15. The van der Waals surface area contributed by atoms with Crippen LogP contribution in [0.2, 0.25) is 0 Å². The minimum Gasteiger partial charge on any atom is -0.475 e. The van der Waals surface area contributed by atoms with Gasteiger partial charge in [0.25, 0.3) is 5.88 Å². The SMILES string of the molecule is CCCCCCCCCCCCCCCOC(=O)O[C@H](C)[N+]1(C)CCC=C(c2nsnc2OCCCCCC)C1. The van der Waals surface area contributed by atoms with Crippen molar-refractivity contribution in [1.29, 1.82) is 0 Å². The second-order valence-corrected chi connectivity index (χ2v) is 12.3. The summed E-state index contributed by atoms with van der Waals surface area (Å²) in [6.07, 6.45) is 23.8. The van der Waals surface area contributed by atoms with E-state index in [4.69, 9.17) is 14.2 Å². The molecule has 0 amide bonds. The van der Waals surface area contributed by atoms with Gasteiger partial charge in [0.2, 0.25) is 6.23 Å². The second-order valence-electron chi connectivity index (χ2n) is 11.8. The highest BCUT2D eigenvalue weighted by atomic mass is 32.1. The summed E-state index contributed by atoms with van der Waals surface area (Å²) in [5.74, 6) is 0.631. The maximum Gasteiger partial charge on any atom is 0.512 e. The number of likely N-dealkylation sites (N-methyl/N-ethyl adjacent to an activating group) is 1. The smallest absolute Gasteiger partial charge is 0.475 e. The molecule has 0 saturated heterocycles. The van der Waals surface area contributed by atoms with E-state index >= 15 is 0 Å². The molecule has 0 aromatic carbocycles. The van der Waals surface area contributed by atoms with Gasteiger partial charge in [0, 0.05) is 18.9 Å². The third kappa shape index (κ3) is 13.8. The number of hydrogen-bond donors (Lipinski definition) is 0. The number of rotatable bonds is 23. The molecule has 0 spiro atoms. The third-order valence-corrected chi connectivity index (χ3v) is 8.69. The van der Waals surface area contributed by atoms with Crippen molar-refractivity contribution in [3.8, 4) is 5.88 Å². The molecule has 1 aliphatic rings. The summed E-state index contributed by atoms with van der Waals surface area (Å²) in [5, 5.41) is 0. The molecule has 1 unspecified atom stereocenters. The average Bonchev–Trinajstić information content (AvgIpc) is 3.42. The molecule has 1 aromatic heterocycles. The first-order chi connectivity index (χ1) is 19.5. The van der Waals surface area contributed by atoms with Crippen LogP contribution in [0.15, 0.2) is 6.08 Å². The monoisotopic (exact) mass is 580 g/mol. The van der Waals surface area contributed by atoms with Gasteiger partial charge in [-0.05, 0) is 12.8 Å². The lowest BCUT2D eigenvalue weighted by Crippen LogP contribution is -2.55. The van der Waals surface area contributed by atoms with Gasteiger partial charge in [0.05, 0.1) is 38.5 Å². The van der Waals surface area contributed by atoms with Gasteiger partial charge in [0.1, 0.15) is 12.2 Å². The summed E-state index contributed by atoms with van der Waals surface area (Å²) in [5.41, 5.74) is 1.95. The summed E-state index contributed by atoms with van der Waals surface area (Å²) in [7, 11) is 2.13. The average molecular weight is 581 g/mol. The lowest BCUT2D eigenvalue weighted by Gasteiger charge is -2.41. The van der Waals surface area contributed by atoms with Crippen LogP contribution in [0.25, 0.3) is 5.57 Å². The molecular formula is C32H58N3O4S+. The van der Waals surface area contributed by atoms with Gasteiger partial charge in [-0.15, -0.1) is 4.37 Å². The van der Waals surface area contributed by atoms with Gasteiger partial charge in [-0.25, -0.2) is 4.79 Å². The van der Waals surface area contributed by atoms with E-state index < -0.39 is 6.16 Å². The summed E-state index contributed by atoms with van der Waals surface area (Å²) < 4.78 is 26.6. The predicted molar refractivity (Wildman–Crippen MR) is 166 cm³/mol. The fourth-order valence-corrected chi connectivity index (χ4v) is 5.82. The first-order valence-corrected chi connectivity index (χ1v) is 17.1. The van der Waals surface area contributed by atoms with Crippen LogP contribution in [-0.4, -0.2) is 59.0 Å². The fraction of sp³-hybridized carbons (Fsp3) is 0.844. The van der Waals surface area contributed by atoms with Gasteiger partial charge < -0.3 is 14.2 Å². The molecule has 40 heavy (non-hydrogen) atoms. The van der Waals surface area contributed by atoms with Gasteiger partial charge in [-0.2, -0.15) is 4.37 Å². The lowest BCUT2D eigenvalue weighted by atomic mass is 10.0. The van der Waals surface area contributed by atoms with Crippen LogP contribution in [0.1, 0.15) is 142 Å². The number of ether oxygens (including phenoxy) is 3. The Labute approximate surface area is 249 Å². The maximum atomic E-state index is 12.4. The molecule has 0 fully saturated rings. The van der Waals surface area contributed by atoms with Crippen LogP contribution in [0, 0.1) is 0 Å². The summed E-state index contributed by atoms with van der Waals surface area (Å²) in [6.45, 7) is 9.14. The number of nitrogens with zero attached hydrogens (tertiary/aromatic N) is 3. The molecule has 0 radical (unpaired) electrons. The number of aromatic nitrogens is 2. The van der Waals surface area contributed by atoms with Crippen molar-refractivity contribution in [2.24, 2.45) is 0 Å². The van der Waals surface area contributed by atoms with E-state index in [9.17, 15) is 4.79 Å². The van der Waals surface area contributed by atoms with Crippen LogP contribution in [0.5, 0.6) is 5.88 Å². The van der Waals surface area contributed by atoms with Gasteiger partial charge in [-0.1, -0.05) is 116 Å². The van der Waals surface area contributed by atoms with E-state index in [1.807, 2.05) is 6.92 Å². The third-order valence-electron chi connectivity index (χ3n) is 8.17. The highest BCUT2D eigenvalue weighted by Crippen LogP contribution is 2.31. The number of hydrogen-bond acceptors (Lipinski definition) is 7. The van der Waals surface area contributed by atoms with E-state index in [2.05, 4.69) is 35.7 Å². The molecule has 0 aliphatic carbocycles. The molecule has 0 saturated carbocycles. The van der Waals surface area contributed by atoms with Gasteiger partial charge >= 0.3 is 6.16 Å². The Morgan fingerprint density at radius 1 is 0.850 bits per heavy atom. The van der Waals surface area contributed by atoms with E-state index in [0.717, 1.165) is 43.5 Å². The number of quaternary nitrogens is 1. The first kappa shape index (κ1) is 34.5. The van der Waals surface area contributed by atoms with E-state index in [0.29, 0.717) is 30.1 Å². The zero-order chi connectivity index (χ0) is 28.9. The number of carbonyl (C=O) groups excluding carboxylic acids is 1. The summed E-state index contributed by atoms with van der Waals surface area (Å²) in [4.78, 5) is 12.4. The molecule has 0 bridgehead atoms. The van der Waals surface area contributed by atoms with E-state index in [1.165, 1.54) is 102 Å². The van der Waals surface area contributed by atoms with Crippen LogP contribution < -0.4 is 4.74 Å². The standard InChI is InChI=1S/C32H58N3O4S/c1-5-7-9-11-12-13-14-15-16-17-18-19-21-26-38-32(36)39-28(3)35(4)24-22-23-29(27-35)30-31(34-40-33-30)37-25-20-10-8-6-2/h23,28H,5-22,24-27H2,1-4H3/q+1/t28-,35?/m1/s1. The van der Waals surface area contributed by atoms with Crippen molar-refractivity contribution in [3.05, 3.63) is 11.8 Å². The Morgan fingerprint density at radius 3 is 2.02 bits per heavy atom. The molecule has 8 heteroatoms. The van der Waals surface area contributed by atoms with Crippen LogP contribution in [0.3, 0.4) is 0 Å². The molecule has 2 atom stereocenters. The molecule has 230 valence electrons. The van der Waals surface area contributed by atoms with Crippen molar-refractivity contribution in [2.75, 3.05) is 33.4 Å². The molecule has 2 heterocycles. The summed E-state index contributed by atoms with van der Waals surface area (Å²) >= 11 is 1.19. The molecule has 1 aliphatic heterocycles. The minimum absolute atomic E-state index is 0.312. The van der Waals surface area contributed by atoms with Crippen LogP contribution >= 0.6 is 11.7 Å². The maximum absolute atomic E-state index is 12.4. The highest BCUT2D eigenvalue weighted by Gasteiger charge is 2.37. The Balaban J connectivity index is 1.59. The topological polar surface area (TPSA) is 70.5 Å². The van der Waals surface area contributed by atoms with E-state index in [-0.39, 0.29) is 6.23 Å². The van der Waals surface area contributed by atoms with E-state index in [1.54, 1.807) is 0 Å². The second kappa shape index (κ2) is 21.1. The quantitative estimate of drug-likeness (QED) is 0.0729. The van der Waals surface area contributed by atoms with Crippen molar-refractivity contribution in [2.45, 2.75) is 143 Å². The lowest BCUT2D eigenvalue weighted by molar-refractivity contribution is -0.944. The molecule has 1 aromatic rings. The van der Waals surface area contributed by atoms with Crippen molar-refractivity contribution in [1.82, 2.24) is 8.75 Å². The molecule has 7 nitrogen and oxygen atoms in total. The Hall–Kier alpha value is -1.67. The molecule has 2 rings (SSSR count). The van der Waals surface area contributed by atoms with Crippen molar-refractivity contribution >= 4 is 23.5 Å². The van der Waals surface area contributed by atoms with Crippen LogP contribution in [0.4, 0.5) is 4.79 Å². The normalized spacial score (nSPS) is 17.9. The Bertz CT molecular complexity index is 831. The number of carbonyl (C=O) groups is 1. The van der Waals surface area contributed by atoms with Gasteiger partial charge in [-0.3, -0.25) is 4.48 Å². The zero-order valence-corrected chi connectivity index (χ0v) is 26.9. The highest BCUT2D eigenvalue weighted by molar-refractivity contribution is 6.99.